The minimum Gasteiger partial charge on any atom is -0.508 e. The summed E-state index contributed by atoms with van der Waals surface area (Å²) >= 11 is 0.875. The van der Waals surface area contributed by atoms with Crippen LogP contribution in [-0.4, -0.2) is 23.4 Å². The number of nitrogens with zero attached hydrogens (tertiary/aromatic N) is 1. The van der Waals surface area contributed by atoms with Crippen LogP contribution in [0.4, 0.5) is 10.5 Å². The third kappa shape index (κ3) is 2.93. The summed E-state index contributed by atoms with van der Waals surface area (Å²) in [5.41, 5.74) is 1.15. The third-order valence-corrected chi connectivity index (χ3v) is 4.20. The standard InChI is InChI=1S/C17H13NO4S/c1-22-14-5-3-2-4-11(14)10-15-16(20)18(17(21)23-15)12-6-8-13(19)9-7-12/h2-10,19H,1H3/b15-10-. The molecule has 2 aromatic rings. The van der Waals surface area contributed by atoms with E-state index in [0.29, 0.717) is 16.3 Å². The first kappa shape index (κ1) is 15.2. The van der Waals surface area contributed by atoms with E-state index in [0.717, 1.165) is 22.2 Å². The summed E-state index contributed by atoms with van der Waals surface area (Å²) in [4.78, 5) is 26.1. The van der Waals surface area contributed by atoms with Gasteiger partial charge in [-0.25, -0.2) is 4.90 Å². The van der Waals surface area contributed by atoms with Crippen molar-refractivity contribution in [3.8, 4) is 11.5 Å². The van der Waals surface area contributed by atoms with E-state index in [4.69, 9.17) is 4.74 Å². The highest BCUT2D eigenvalue weighted by Crippen LogP contribution is 2.37. The summed E-state index contributed by atoms with van der Waals surface area (Å²) in [6.07, 6.45) is 1.64. The molecule has 5 nitrogen and oxygen atoms in total. The SMILES string of the molecule is COc1ccccc1/C=C1\SC(=O)N(c2ccc(O)cc2)C1=O. The Hall–Kier alpha value is -2.73. The van der Waals surface area contributed by atoms with Crippen LogP contribution < -0.4 is 9.64 Å². The molecule has 0 unspecified atom stereocenters. The molecule has 0 aliphatic carbocycles. The first-order valence-electron chi connectivity index (χ1n) is 6.80. The molecule has 2 amide bonds. The van der Waals surface area contributed by atoms with E-state index >= 15 is 0 Å². The first-order valence-corrected chi connectivity index (χ1v) is 7.62. The van der Waals surface area contributed by atoms with Gasteiger partial charge in [0.2, 0.25) is 0 Å². The quantitative estimate of drug-likeness (QED) is 0.872. The molecule has 3 rings (SSSR count). The molecule has 1 aliphatic heterocycles. The Kier molecular flexibility index (Phi) is 4.08. The summed E-state index contributed by atoms with van der Waals surface area (Å²) < 4.78 is 5.25. The van der Waals surface area contributed by atoms with Gasteiger partial charge >= 0.3 is 0 Å². The number of anilines is 1. The summed E-state index contributed by atoms with van der Waals surface area (Å²) in [5, 5.41) is 8.94. The maximum Gasteiger partial charge on any atom is 0.298 e. The second-order valence-corrected chi connectivity index (χ2v) is 5.77. The van der Waals surface area contributed by atoms with Crippen LogP contribution in [0.5, 0.6) is 11.5 Å². The zero-order valence-electron chi connectivity index (χ0n) is 12.2. The predicted octanol–water partition coefficient (Wildman–Crippen LogP) is 3.64. The van der Waals surface area contributed by atoms with Crippen molar-refractivity contribution in [1.29, 1.82) is 0 Å². The Labute approximate surface area is 137 Å². The highest BCUT2D eigenvalue weighted by Gasteiger charge is 2.36. The number of methoxy groups -OCH3 is 1. The number of carbonyl (C=O) groups excluding carboxylic acids is 2. The van der Waals surface area contributed by atoms with Gasteiger partial charge in [0.25, 0.3) is 11.1 Å². The van der Waals surface area contributed by atoms with Crippen molar-refractivity contribution < 1.29 is 19.4 Å². The van der Waals surface area contributed by atoms with Crippen molar-refractivity contribution in [1.82, 2.24) is 0 Å². The molecule has 0 aromatic heterocycles. The number of imide groups is 1. The van der Waals surface area contributed by atoms with Crippen LogP contribution in [-0.2, 0) is 4.79 Å². The molecule has 1 saturated heterocycles. The van der Waals surface area contributed by atoms with Gasteiger partial charge in [0.1, 0.15) is 11.5 Å². The predicted molar refractivity (Wildman–Crippen MR) is 89.6 cm³/mol. The Bertz CT molecular complexity index is 798. The number of rotatable bonds is 3. The third-order valence-electron chi connectivity index (χ3n) is 3.33. The lowest BCUT2D eigenvalue weighted by molar-refractivity contribution is -0.113. The monoisotopic (exact) mass is 327 g/mol. The van der Waals surface area contributed by atoms with Gasteiger partial charge in [-0.1, -0.05) is 18.2 Å². The number of aromatic hydroxyl groups is 1. The van der Waals surface area contributed by atoms with Crippen LogP contribution in [0, 0.1) is 0 Å². The highest BCUT2D eigenvalue weighted by atomic mass is 32.2. The Balaban J connectivity index is 1.95. The molecule has 1 N–H and O–H groups in total. The Morgan fingerprint density at radius 2 is 1.78 bits per heavy atom. The number of para-hydroxylation sites is 1. The van der Waals surface area contributed by atoms with E-state index in [-0.39, 0.29) is 11.0 Å². The summed E-state index contributed by atoms with van der Waals surface area (Å²) in [5.74, 6) is 0.311. The zero-order valence-corrected chi connectivity index (χ0v) is 13.0. The molecule has 23 heavy (non-hydrogen) atoms. The fourth-order valence-electron chi connectivity index (χ4n) is 2.22. The second kappa shape index (κ2) is 6.18. The van der Waals surface area contributed by atoms with E-state index in [9.17, 15) is 14.7 Å². The van der Waals surface area contributed by atoms with E-state index in [2.05, 4.69) is 0 Å². The number of hydrogen-bond acceptors (Lipinski definition) is 5. The van der Waals surface area contributed by atoms with Crippen molar-refractivity contribution in [2.24, 2.45) is 0 Å². The number of phenolic OH excluding ortho intramolecular Hbond substituents is 1. The minimum atomic E-state index is -0.392. The van der Waals surface area contributed by atoms with E-state index < -0.39 is 5.91 Å². The van der Waals surface area contributed by atoms with Crippen molar-refractivity contribution in [2.45, 2.75) is 0 Å². The molecular formula is C17H13NO4S. The van der Waals surface area contributed by atoms with Gasteiger partial charge in [0.15, 0.2) is 0 Å². The Morgan fingerprint density at radius 1 is 1.09 bits per heavy atom. The zero-order chi connectivity index (χ0) is 16.4. The smallest absolute Gasteiger partial charge is 0.298 e. The molecule has 1 fully saturated rings. The summed E-state index contributed by atoms with van der Waals surface area (Å²) in [6.45, 7) is 0. The fraction of sp³-hybridized carbons (Fsp3) is 0.0588. The van der Waals surface area contributed by atoms with Crippen molar-refractivity contribution >= 4 is 34.7 Å². The molecule has 0 atom stereocenters. The maximum atomic E-state index is 12.5. The van der Waals surface area contributed by atoms with Crippen LogP contribution >= 0.6 is 11.8 Å². The van der Waals surface area contributed by atoms with Crippen LogP contribution in [0.3, 0.4) is 0 Å². The second-order valence-electron chi connectivity index (χ2n) is 4.78. The number of amides is 2. The van der Waals surface area contributed by atoms with Gasteiger partial charge in [0.05, 0.1) is 17.7 Å². The minimum absolute atomic E-state index is 0.0743. The molecule has 6 heteroatoms. The molecule has 1 aliphatic rings. The molecular weight excluding hydrogens is 314 g/mol. The molecule has 0 spiro atoms. The topological polar surface area (TPSA) is 66.8 Å². The van der Waals surface area contributed by atoms with Gasteiger partial charge in [-0.05, 0) is 48.2 Å². The number of carbonyl (C=O) groups is 2. The number of benzene rings is 2. The lowest BCUT2D eigenvalue weighted by Gasteiger charge is -2.12. The normalized spacial score (nSPS) is 16.2. The molecule has 1 heterocycles. The average Bonchev–Trinajstić information content (AvgIpc) is 2.83. The van der Waals surface area contributed by atoms with Gasteiger partial charge < -0.3 is 9.84 Å². The average molecular weight is 327 g/mol. The molecule has 2 aromatic carbocycles. The summed E-state index contributed by atoms with van der Waals surface area (Å²) in [6, 6.07) is 13.2. The van der Waals surface area contributed by atoms with Gasteiger partial charge in [-0.2, -0.15) is 0 Å². The van der Waals surface area contributed by atoms with Crippen molar-refractivity contribution in [2.75, 3.05) is 12.0 Å². The van der Waals surface area contributed by atoms with Gasteiger partial charge in [-0.3, -0.25) is 9.59 Å². The Morgan fingerprint density at radius 3 is 2.48 bits per heavy atom. The van der Waals surface area contributed by atoms with E-state index in [1.807, 2.05) is 18.2 Å². The van der Waals surface area contributed by atoms with Crippen LogP contribution in [0.1, 0.15) is 5.56 Å². The van der Waals surface area contributed by atoms with Crippen LogP contribution in [0.15, 0.2) is 53.4 Å². The maximum absolute atomic E-state index is 12.5. The number of hydrogen-bond donors (Lipinski definition) is 1. The molecule has 0 saturated carbocycles. The van der Waals surface area contributed by atoms with E-state index in [1.54, 1.807) is 19.3 Å². The van der Waals surface area contributed by atoms with Gasteiger partial charge in [-0.15, -0.1) is 0 Å². The van der Waals surface area contributed by atoms with Crippen LogP contribution in [0.2, 0.25) is 0 Å². The van der Waals surface area contributed by atoms with Crippen molar-refractivity contribution in [3.05, 3.63) is 59.0 Å². The summed E-state index contributed by atoms with van der Waals surface area (Å²) in [7, 11) is 1.55. The number of phenols is 1. The lowest BCUT2D eigenvalue weighted by Crippen LogP contribution is -2.27. The first-order chi connectivity index (χ1) is 11.1. The van der Waals surface area contributed by atoms with Crippen LogP contribution in [0.25, 0.3) is 6.08 Å². The van der Waals surface area contributed by atoms with Gasteiger partial charge in [0, 0.05) is 5.56 Å². The van der Waals surface area contributed by atoms with Crippen molar-refractivity contribution in [3.63, 3.8) is 0 Å². The molecule has 0 radical (unpaired) electrons. The van der Waals surface area contributed by atoms with E-state index in [1.165, 1.54) is 24.3 Å². The number of ether oxygens (including phenoxy) is 1. The highest BCUT2D eigenvalue weighted by molar-refractivity contribution is 8.19. The lowest BCUT2D eigenvalue weighted by atomic mass is 10.2. The molecule has 0 bridgehead atoms. The number of thioether (sulfide) groups is 1. The molecule has 116 valence electrons. The largest absolute Gasteiger partial charge is 0.508 e. The fourth-order valence-corrected chi connectivity index (χ4v) is 3.05.